The maximum Gasteiger partial charge on any atom is 0.573 e. The average Bonchev–Trinajstić information content (AvgIpc) is 3.10. The summed E-state index contributed by atoms with van der Waals surface area (Å²) in [5.74, 6) is -0.0250. The number of rotatable bonds is 6. The molecule has 0 spiro atoms. The fourth-order valence-corrected chi connectivity index (χ4v) is 4.16. The van der Waals surface area contributed by atoms with E-state index in [0.717, 1.165) is 6.07 Å². The number of carbonyl (C=O) groups is 1. The molecular formula is C23H23F3N8O3. The third-order valence-electron chi connectivity index (χ3n) is 5.94. The molecule has 0 saturated carbocycles. The first-order chi connectivity index (χ1) is 17.4. The van der Waals surface area contributed by atoms with Crippen molar-refractivity contribution in [3.05, 3.63) is 45.5 Å². The van der Waals surface area contributed by atoms with Crippen molar-refractivity contribution in [2.24, 2.45) is 0 Å². The minimum absolute atomic E-state index is 0.0692. The van der Waals surface area contributed by atoms with Crippen LogP contribution in [0.2, 0.25) is 0 Å². The molecular weight excluding hydrogens is 493 g/mol. The number of nitrogens with one attached hydrogen (secondary N) is 2. The molecule has 1 aliphatic rings. The fourth-order valence-electron chi connectivity index (χ4n) is 4.16. The van der Waals surface area contributed by atoms with E-state index in [2.05, 4.69) is 30.0 Å². The summed E-state index contributed by atoms with van der Waals surface area (Å²) in [7, 11) is 1.70. The van der Waals surface area contributed by atoms with Crippen molar-refractivity contribution in [1.29, 1.82) is 5.26 Å². The Balaban J connectivity index is 1.66. The van der Waals surface area contributed by atoms with Crippen molar-refractivity contribution >= 4 is 28.8 Å². The van der Waals surface area contributed by atoms with Crippen LogP contribution < -0.4 is 20.5 Å². The molecule has 1 saturated heterocycles. The minimum Gasteiger partial charge on any atom is -0.404 e. The first-order valence-corrected chi connectivity index (χ1v) is 11.3. The minimum atomic E-state index is -4.99. The summed E-state index contributed by atoms with van der Waals surface area (Å²) in [6, 6.07) is 4.31. The number of carbonyl (C=O) groups excluding carboxylic acids is 1. The molecule has 194 valence electrons. The first kappa shape index (κ1) is 25.7. The summed E-state index contributed by atoms with van der Waals surface area (Å²) in [5, 5.41) is 12.6. The molecule has 37 heavy (non-hydrogen) atoms. The molecule has 0 unspecified atom stereocenters. The molecule has 14 heteroatoms. The van der Waals surface area contributed by atoms with Gasteiger partial charge in [-0.2, -0.15) is 20.2 Å². The lowest BCUT2D eigenvalue weighted by Crippen LogP contribution is -2.36. The lowest BCUT2D eigenvalue weighted by molar-refractivity contribution is -0.274. The second kappa shape index (κ2) is 9.57. The van der Waals surface area contributed by atoms with Gasteiger partial charge >= 0.3 is 12.4 Å². The van der Waals surface area contributed by atoms with Gasteiger partial charge in [-0.1, -0.05) is 6.92 Å². The Morgan fingerprint density at radius 2 is 2.00 bits per heavy atom. The van der Waals surface area contributed by atoms with Gasteiger partial charge in [-0.05, 0) is 32.4 Å². The molecule has 0 radical (unpaired) electrons. The number of aryl methyl sites for hydroxylation is 1. The van der Waals surface area contributed by atoms with E-state index in [1.807, 2.05) is 6.92 Å². The molecule has 0 aliphatic carbocycles. The number of nitrogens with zero attached hydrogens (tertiary/aromatic N) is 6. The highest BCUT2D eigenvalue weighted by Gasteiger charge is 2.37. The van der Waals surface area contributed by atoms with Crippen molar-refractivity contribution in [1.82, 2.24) is 24.8 Å². The van der Waals surface area contributed by atoms with Crippen LogP contribution in [-0.2, 0) is 0 Å². The summed E-state index contributed by atoms with van der Waals surface area (Å²) in [6.45, 7) is 5.82. The van der Waals surface area contributed by atoms with Gasteiger partial charge in [0.25, 0.3) is 5.56 Å². The van der Waals surface area contributed by atoms with Crippen molar-refractivity contribution in [3.63, 3.8) is 0 Å². The number of likely N-dealkylation sites (N-methyl/N-ethyl adjacent to an activating group) is 1. The Bertz CT molecular complexity index is 1470. The number of anilines is 2. The molecule has 4 rings (SSSR count). The van der Waals surface area contributed by atoms with Crippen LogP contribution >= 0.6 is 0 Å². The Morgan fingerprint density at radius 3 is 2.65 bits per heavy atom. The van der Waals surface area contributed by atoms with E-state index in [-0.39, 0.29) is 40.6 Å². The van der Waals surface area contributed by atoms with E-state index in [4.69, 9.17) is 0 Å². The zero-order chi connectivity index (χ0) is 27.1. The number of aromatic nitrogens is 4. The molecule has 2 N–H and O–H groups in total. The topological polar surface area (TPSA) is 140 Å². The number of nitriles is 1. The number of urea groups is 1. The van der Waals surface area contributed by atoms with E-state index in [0.29, 0.717) is 24.2 Å². The highest BCUT2D eigenvalue weighted by molar-refractivity contribution is 5.93. The van der Waals surface area contributed by atoms with E-state index in [1.165, 1.54) is 17.0 Å². The number of benzene rings is 1. The Morgan fingerprint density at radius 1 is 1.27 bits per heavy atom. The standard InChI is InChI=1S/C23H23F3N8O3/c1-5-15-10-33(4)22(36)34(15)21-30-12(3)29-20(32-21)28-11(2)16-7-13-6-14(9-27)18(37-23(24,25)26)8-17(13)31-19(16)35/h6-8,11,15H,5,10H2,1-4H3,(H,31,35)(H,28,29,30,32)/t11-,15-/m0/s1. The Labute approximate surface area is 208 Å². The number of aromatic amines is 1. The number of halogens is 3. The number of amides is 2. The normalized spacial score (nSPS) is 16.7. The molecule has 3 heterocycles. The molecule has 0 bridgehead atoms. The van der Waals surface area contributed by atoms with Gasteiger partial charge in [-0.25, -0.2) is 4.79 Å². The summed E-state index contributed by atoms with van der Waals surface area (Å²) in [6.07, 6.45) is -4.29. The van der Waals surface area contributed by atoms with E-state index < -0.39 is 23.7 Å². The van der Waals surface area contributed by atoms with Crippen LogP contribution in [-0.4, -0.2) is 56.9 Å². The number of alkyl halides is 3. The van der Waals surface area contributed by atoms with E-state index in [9.17, 15) is 28.0 Å². The quantitative estimate of drug-likeness (QED) is 0.506. The van der Waals surface area contributed by atoms with Gasteiger partial charge in [0.2, 0.25) is 11.9 Å². The summed E-state index contributed by atoms with van der Waals surface area (Å²) in [5.41, 5.74) is -0.612. The third-order valence-corrected chi connectivity index (χ3v) is 5.94. The van der Waals surface area contributed by atoms with Gasteiger partial charge in [-0.3, -0.25) is 9.69 Å². The molecule has 3 aromatic rings. The smallest absolute Gasteiger partial charge is 0.404 e. The lowest BCUT2D eigenvalue weighted by atomic mass is 10.1. The van der Waals surface area contributed by atoms with Gasteiger partial charge in [-0.15, -0.1) is 13.2 Å². The van der Waals surface area contributed by atoms with Crippen molar-refractivity contribution in [2.75, 3.05) is 23.8 Å². The van der Waals surface area contributed by atoms with E-state index in [1.54, 1.807) is 31.9 Å². The van der Waals surface area contributed by atoms with E-state index >= 15 is 0 Å². The van der Waals surface area contributed by atoms with Crippen LogP contribution in [0.1, 0.15) is 43.3 Å². The predicted octanol–water partition coefficient (Wildman–Crippen LogP) is 3.62. The molecule has 2 aromatic heterocycles. The zero-order valence-corrected chi connectivity index (χ0v) is 20.3. The van der Waals surface area contributed by atoms with Gasteiger partial charge < -0.3 is 19.9 Å². The second-order valence-corrected chi connectivity index (χ2v) is 8.62. The Hall–Kier alpha value is -4.41. The third kappa shape index (κ3) is 5.25. The SMILES string of the molecule is CC[C@H]1CN(C)C(=O)N1c1nc(C)nc(N[C@@H](C)c2cc3cc(C#N)c(OC(F)(F)F)cc3[nH]c2=O)n1. The molecule has 2 amide bonds. The largest absolute Gasteiger partial charge is 0.573 e. The maximum atomic E-state index is 12.8. The van der Waals surface area contributed by atoms with Crippen LogP contribution in [0.5, 0.6) is 5.75 Å². The number of pyridine rings is 1. The van der Waals surface area contributed by atoms with Crippen molar-refractivity contribution in [2.45, 2.75) is 45.6 Å². The van der Waals surface area contributed by atoms with Crippen molar-refractivity contribution < 1.29 is 22.7 Å². The van der Waals surface area contributed by atoms with Crippen molar-refractivity contribution in [3.8, 4) is 11.8 Å². The van der Waals surface area contributed by atoms with Crippen LogP contribution in [0, 0.1) is 18.3 Å². The molecule has 11 nitrogen and oxygen atoms in total. The second-order valence-electron chi connectivity index (χ2n) is 8.62. The molecule has 1 aromatic carbocycles. The number of hydrogen-bond donors (Lipinski definition) is 2. The molecule has 1 aliphatic heterocycles. The summed E-state index contributed by atoms with van der Waals surface area (Å²) in [4.78, 5) is 44.0. The highest BCUT2D eigenvalue weighted by Crippen LogP contribution is 2.30. The number of ether oxygens (including phenoxy) is 1. The zero-order valence-electron chi connectivity index (χ0n) is 20.3. The van der Waals surface area contributed by atoms with Crippen LogP contribution in [0.3, 0.4) is 0 Å². The number of H-pyrrole nitrogens is 1. The average molecular weight is 516 g/mol. The van der Waals surface area contributed by atoms with Gasteiger partial charge in [0.05, 0.1) is 23.2 Å². The maximum absolute atomic E-state index is 12.8. The van der Waals surface area contributed by atoms with Gasteiger partial charge in [0.15, 0.2) is 0 Å². The predicted molar refractivity (Wildman–Crippen MR) is 127 cm³/mol. The van der Waals surface area contributed by atoms with Crippen LogP contribution in [0.4, 0.5) is 29.9 Å². The molecule has 1 fully saturated rings. The molecule has 2 atom stereocenters. The number of hydrogen-bond acceptors (Lipinski definition) is 8. The number of fused-ring (bicyclic) bond motifs is 1. The fraction of sp³-hybridized carbons (Fsp3) is 0.391. The van der Waals surface area contributed by atoms with Gasteiger partial charge in [0.1, 0.15) is 17.6 Å². The monoisotopic (exact) mass is 516 g/mol. The summed E-state index contributed by atoms with van der Waals surface area (Å²) >= 11 is 0. The first-order valence-electron chi connectivity index (χ1n) is 11.3. The lowest BCUT2D eigenvalue weighted by Gasteiger charge is -2.21. The van der Waals surface area contributed by atoms with Crippen LogP contribution in [0.25, 0.3) is 10.9 Å². The van der Waals surface area contributed by atoms with Gasteiger partial charge in [0, 0.05) is 30.6 Å². The highest BCUT2D eigenvalue weighted by atomic mass is 19.4. The van der Waals surface area contributed by atoms with Crippen LogP contribution in [0.15, 0.2) is 23.0 Å². The summed E-state index contributed by atoms with van der Waals surface area (Å²) < 4.78 is 42.0. The Kier molecular flexibility index (Phi) is 6.64.